The van der Waals surface area contributed by atoms with E-state index in [2.05, 4.69) is 26.3 Å². The highest BCUT2D eigenvalue weighted by molar-refractivity contribution is 6.38. The molecule has 0 heterocycles. The minimum atomic E-state index is -0.374. The largest absolute Gasteiger partial charge is 0.410 e. The summed E-state index contributed by atoms with van der Waals surface area (Å²) in [6.45, 7) is 5.59. The van der Waals surface area contributed by atoms with Crippen LogP contribution in [0.2, 0.25) is 0 Å². The molecule has 0 aromatic heterocycles. The molecule has 0 aliphatic heterocycles. The van der Waals surface area contributed by atoms with E-state index in [4.69, 9.17) is 10.4 Å². The van der Waals surface area contributed by atoms with Gasteiger partial charge in [-0.25, -0.2) is 0 Å². The van der Waals surface area contributed by atoms with E-state index in [9.17, 15) is 9.59 Å². The predicted molar refractivity (Wildman–Crippen MR) is 76.7 cm³/mol. The van der Waals surface area contributed by atoms with Crippen molar-refractivity contribution in [1.82, 2.24) is 10.6 Å². The molecule has 0 fully saturated rings. The van der Waals surface area contributed by atoms with E-state index in [0.29, 0.717) is 13.1 Å². The fourth-order valence-electron chi connectivity index (χ4n) is 1.39. The smallest absolute Gasteiger partial charge is 0.268 e. The van der Waals surface area contributed by atoms with Crippen LogP contribution >= 0.6 is 0 Å². The minimum absolute atomic E-state index is 0.0384. The number of carbonyl (C=O) groups is 2. The molecule has 0 atom stereocenters. The fraction of sp³-hybridized carbons (Fsp3) is 0.667. The molecule has 0 bridgehead atoms. The van der Waals surface area contributed by atoms with E-state index in [1.54, 1.807) is 0 Å². The fourth-order valence-corrected chi connectivity index (χ4v) is 1.39. The van der Waals surface area contributed by atoms with Gasteiger partial charge in [-0.2, -0.15) is 0 Å². The maximum Gasteiger partial charge on any atom is 0.268 e. The SMILES string of the molecule is C/C(=N/O)C(=O)NCCC[NH2+]CCCNC(=O)/C(C)=N\O. The molecule has 9 heteroatoms. The summed E-state index contributed by atoms with van der Waals surface area (Å²) in [5.41, 5.74) is 0.0767. The third kappa shape index (κ3) is 9.38. The first kappa shape index (κ1) is 18.8. The van der Waals surface area contributed by atoms with Crippen LogP contribution in [-0.2, 0) is 9.59 Å². The highest BCUT2D eigenvalue weighted by Gasteiger charge is 2.05. The normalized spacial score (nSPS) is 12.1. The van der Waals surface area contributed by atoms with Crippen molar-refractivity contribution in [1.29, 1.82) is 0 Å². The summed E-state index contributed by atoms with van der Waals surface area (Å²) in [6.07, 6.45) is 1.60. The molecular formula is C12H24N5O4+. The highest BCUT2D eigenvalue weighted by Crippen LogP contribution is 1.78. The molecule has 2 amide bonds. The average Bonchev–Trinajstić information content (AvgIpc) is 2.50. The molecule has 0 saturated heterocycles. The number of amides is 2. The number of hydrogen-bond donors (Lipinski definition) is 5. The van der Waals surface area contributed by atoms with Crippen LogP contribution < -0.4 is 16.0 Å². The van der Waals surface area contributed by atoms with Gasteiger partial charge in [0.1, 0.15) is 11.4 Å². The van der Waals surface area contributed by atoms with Crippen molar-refractivity contribution in [3.05, 3.63) is 0 Å². The van der Waals surface area contributed by atoms with Crippen molar-refractivity contribution in [2.75, 3.05) is 26.2 Å². The van der Waals surface area contributed by atoms with Crippen molar-refractivity contribution < 1.29 is 25.3 Å². The average molecular weight is 302 g/mol. The van der Waals surface area contributed by atoms with Gasteiger partial charge in [0, 0.05) is 25.9 Å². The molecule has 0 saturated carbocycles. The lowest BCUT2D eigenvalue weighted by molar-refractivity contribution is -0.654. The Morgan fingerprint density at radius 2 is 1.29 bits per heavy atom. The van der Waals surface area contributed by atoms with Gasteiger partial charge in [0.05, 0.1) is 13.1 Å². The molecule has 21 heavy (non-hydrogen) atoms. The lowest BCUT2D eigenvalue weighted by atomic mass is 10.3. The van der Waals surface area contributed by atoms with Crippen molar-refractivity contribution in [2.45, 2.75) is 26.7 Å². The third-order valence-corrected chi connectivity index (χ3v) is 2.70. The minimum Gasteiger partial charge on any atom is -0.410 e. The first-order valence-electron chi connectivity index (χ1n) is 6.78. The molecule has 0 aliphatic rings. The standard InChI is InChI=1S/C12H23N5O4/c1-9(16-20)11(18)14-7-3-5-13-6-4-8-15-12(19)10(2)17-21/h13,20-21H,3-8H2,1-2H3,(H,14,18)(H,15,19)/p+1/b16-9-,17-10-. The Kier molecular flexibility index (Phi) is 10.5. The van der Waals surface area contributed by atoms with Gasteiger partial charge in [-0.1, -0.05) is 10.3 Å². The lowest BCUT2D eigenvalue weighted by Crippen LogP contribution is -2.84. The summed E-state index contributed by atoms with van der Waals surface area (Å²) in [5.74, 6) is -0.748. The van der Waals surface area contributed by atoms with E-state index in [0.717, 1.165) is 25.9 Å². The summed E-state index contributed by atoms with van der Waals surface area (Å²) < 4.78 is 0. The second-order valence-electron chi connectivity index (χ2n) is 4.46. The molecule has 0 aromatic rings. The number of rotatable bonds is 10. The van der Waals surface area contributed by atoms with Crippen molar-refractivity contribution in [2.24, 2.45) is 10.3 Å². The maximum atomic E-state index is 11.2. The lowest BCUT2D eigenvalue weighted by Gasteiger charge is -2.05. The Labute approximate surface area is 123 Å². The van der Waals surface area contributed by atoms with E-state index in [1.807, 2.05) is 0 Å². The van der Waals surface area contributed by atoms with Crippen molar-refractivity contribution >= 4 is 23.2 Å². The van der Waals surface area contributed by atoms with Gasteiger partial charge < -0.3 is 26.4 Å². The number of nitrogens with two attached hydrogens (primary N) is 1. The van der Waals surface area contributed by atoms with Crippen LogP contribution in [0.5, 0.6) is 0 Å². The van der Waals surface area contributed by atoms with Gasteiger partial charge in [0.15, 0.2) is 0 Å². The number of quaternary nitrogens is 1. The number of nitrogens with zero attached hydrogens (tertiary/aromatic N) is 2. The molecule has 0 unspecified atom stereocenters. The summed E-state index contributed by atoms with van der Waals surface area (Å²) in [5, 5.41) is 29.7. The van der Waals surface area contributed by atoms with Crippen LogP contribution in [0.1, 0.15) is 26.7 Å². The van der Waals surface area contributed by atoms with Crippen LogP contribution in [0.4, 0.5) is 0 Å². The molecule has 6 N–H and O–H groups in total. The zero-order chi connectivity index (χ0) is 16.1. The number of carbonyl (C=O) groups excluding carboxylic acids is 2. The summed E-state index contributed by atoms with van der Waals surface area (Å²) in [4.78, 5) is 22.4. The quantitative estimate of drug-likeness (QED) is 0.141. The van der Waals surface area contributed by atoms with Gasteiger partial charge in [-0.15, -0.1) is 0 Å². The Morgan fingerprint density at radius 3 is 1.62 bits per heavy atom. The second kappa shape index (κ2) is 11.6. The maximum absolute atomic E-state index is 11.2. The molecule has 0 radical (unpaired) electrons. The number of hydrogen-bond acceptors (Lipinski definition) is 6. The van der Waals surface area contributed by atoms with Crippen LogP contribution in [0.3, 0.4) is 0 Å². The van der Waals surface area contributed by atoms with Gasteiger partial charge in [0.25, 0.3) is 11.8 Å². The summed E-state index contributed by atoms with van der Waals surface area (Å²) in [7, 11) is 0. The molecular weight excluding hydrogens is 278 g/mol. The Balaban J connectivity index is 3.42. The van der Waals surface area contributed by atoms with E-state index >= 15 is 0 Å². The van der Waals surface area contributed by atoms with Crippen molar-refractivity contribution in [3.8, 4) is 0 Å². The Bertz CT molecular complexity index is 359. The van der Waals surface area contributed by atoms with E-state index < -0.39 is 0 Å². The molecule has 0 spiro atoms. The molecule has 120 valence electrons. The molecule has 0 aliphatic carbocycles. The monoisotopic (exact) mass is 302 g/mol. The van der Waals surface area contributed by atoms with Gasteiger partial charge in [-0.05, 0) is 13.8 Å². The third-order valence-electron chi connectivity index (χ3n) is 2.70. The van der Waals surface area contributed by atoms with Crippen LogP contribution in [0.25, 0.3) is 0 Å². The molecule has 9 nitrogen and oxygen atoms in total. The number of oxime groups is 2. The number of nitrogens with one attached hydrogen (secondary N) is 2. The zero-order valence-corrected chi connectivity index (χ0v) is 12.4. The first-order chi connectivity index (χ1) is 10.0. The second-order valence-corrected chi connectivity index (χ2v) is 4.46. The Morgan fingerprint density at radius 1 is 0.905 bits per heavy atom. The highest BCUT2D eigenvalue weighted by atomic mass is 16.4. The zero-order valence-electron chi connectivity index (χ0n) is 12.4. The van der Waals surface area contributed by atoms with E-state index in [1.165, 1.54) is 13.8 Å². The Hall–Kier alpha value is -2.16. The summed E-state index contributed by atoms with van der Waals surface area (Å²) >= 11 is 0. The van der Waals surface area contributed by atoms with Crippen LogP contribution in [0, 0.1) is 0 Å². The van der Waals surface area contributed by atoms with Crippen molar-refractivity contribution in [3.63, 3.8) is 0 Å². The first-order valence-corrected chi connectivity index (χ1v) is 6.78. The van der Waals surface area contributed by atoms with Gasteiger partial charge in [0.2, 0.25) is 0 Å². The van der Waals surface area contributed by atoms with Crippen LogP contribution in [0.15, 0.2) is 10.3 Å². The summed E-state index contributed by atoms with van der Waals surface area (Å²) in [6, 6.07) is 0. The van der Waals surface area contributed by atoms with Gasteiger partial charge >= 0.3 is 0 Å². The predicted octanol–water partition coefficient (Wildman–Crippen LogP) is -1.74. The van der Waals surface area contributed by atoms with Crippen LogP contribution in [-0.4, -0.2) is 59.8 Å². The van der Waals surface area contributed by atoms with Gasteiger partial charge in [-0.3, -0.25) is 9.59 Å². The topological polar surface area (TPSA) is 140 Å². The molecule has 0 aromatic carbocycles. The van der Waals surface area contributed by atoms with E-state index in [-0.39, 0.29) is 23.2 Å². The molecule has 0 rings (SSSR count).